The normalized spacial score (nSPS) is 15.2. The Bertz CT molecular complexity index is 336. The van der Waals surface area contributed by atoms with Gasteiger partial charge in [0.25, 0.3) is 0 Å². The van der Waals surface area contributed by atoms with Crippen LogP contribution in [0.3, 0.4) is 0 Å². The molecule has 0 fully saturated rings. The third-order valence-corrected chi connectivity index (χ3v) is 2.64. The van der Waals surface area contributed by atoms with Crippen molar-refractivity contribution in [2.24, 2.45) is 0 Å². The van der Waals surface area contributed by atoms with Crippen molar-refractivity contribution < 1.29 is 0 Å². The van der Waals surface area contributed by atoms with Crippen LogP contribution in [0.25, 0.3) is 0 Å². The van der Waals surface area contributed by atoms with Crippen molar-refractivity contribution in [2.45, 2.75) is 6.92 Å². The zero-order valence-electron chi connectivity index (χ0n) is 7.89. The third kappa shape index (κ3) is 1.46. The summed E-state index contributed by atoms with van der Waals surface area (Å²) in [5.74, 6) is 0. The van der Waals surface area contributed by atoms with E-state index >= 15 is 0 Å². The van der Waals surface area contributed by atoms with Gasteiger partial charge in [-0.05, 0) is 24.6 Å². The molecule has 1 aromatic carbocycles. The SMILES string of the molecule is Cc1cc(Cl)c2c(c1)NCCN2C. The zero-order valence-corrected chi connectivity index (χ0v) is 8.65. The molecule has 0 unspecified atom stereocenters. The van der Waals surface area contributed by atoms with Crippen LogP contribution in [0.4, 0.5) is 11.4 Å². The van der Waals surface area contributed by atoms with Gasteiger partial charge in [-0.25, -0.2) is 0 Å². The number of nitrogens with one attached hydrogen (secondary N) is 1. The number of likely N-dealkylation sites (N-methyl/N-ethyl adjacent to an activating group) is 1. The fourth-order valence-electron chi connectivity index (χ4n) is 1.73. The van der Waals surface area contributed by atoms with Gasteiger partial charge in [0.1, 0.15) is 0 Å². The van der Waals surface area contributed by atoms with Gasteiger partial charge >= 0.3 is 0 Å². The fraction of sp³-hybridized carbons (Fsp3) is 0.400. The number of hydrogen-bond donors (Lipinski definition) is 1. The second-order valence-electron chi connectivity index (χ2n) is 3.49. The molecule has 2 rings (SSSR count). The fourth-order valence-corrected chi connectivity index (χ4v) is 2.15. The van der Waals surface area contributed by atoms with E-state index in [0.717, 1.165) is 29.5 Å². The minimum Gasteiger partial charge on any atom is -0.382 e. The molecule has 3 heteroatoms. The zero-order chi connectivity index (χ0) is 9.42. The molecule has 0 aliphatic carbocycles. The predicted molar refractivity (Wildman–Crippen MR) is 57.9 cm³/mol. The summed E-state index contributed by atoms with van der Waals surface area (Å²) in [6.07, 6.45) is 0. The topological polar surface area (TPSA) is 15.3 Å². The first-order valence-electron chi connectivity index (χ1n) is 4.43. The van der Waals surface area contributed by atoms with E-state index in [-0.39, 0.29) is 0 Å². The Morgan fingerprint density at radius 2 is 2.23 bits per heavy atom. The van der Waals surface area contributed by atoms with Crippen LogP contribution < -0.4 is 10.2 Å². The molecule has 0 radical (unpaired) electrons. The van der Waals surface area contributed by atoms with Gasteiger partial charge in [0.15, 0.2) is 0 Å². The minimum absolute atomic E-state index is 0.838. The molecule has 1 N–H and O–H groups in total. The van der Waals surface area contributed by atoms with E-state index in [9.17, 15) is 0 Å². The number of halogens is 1. The standard InChI is InChI=1S/C10H13ClN2/c1-7-5-8(11)10-9(6-7)12-3-4-13(10)2/h5-6,12H,3-4H2,1-2H3. The lowest BCUT2D eigenvalue weighted by molar-refractivity contribution is 0.886. The van der Waals surface area contributed by atoms with E-state index < -0.39 is 0 Å². The second-order valence-corrected chi connectivity index (χ2v) is 3.90. The van der Waals surface area contributed by atoms with Crippen LogP contribution in [0.1, 0.15) is 5.56 Å². The molecular weight excluding hydrogens is 184 g/mol. The van der Waals surface area contributed by atoms with Gasteiger partial charge in [-0.2, -0.15) is 0 Å². The van der Waals surface area contributed by atoms with Crippen molar-refractivity contribution in [2.75, 3.05) is 30.4 Å². The minimum atomic E-state index is 0.838. The van der Waals surface area contributed by atoms with E-state index in [1.165, 1.54) is 5.56 Å². The number of fused-ring (bicyclic) bond motifs is 1. The lowest BCUT2D eigenvalue weighted by Crippen LogP contribution is -2.30. The molecule has 1 aliphatic rings. The lowest BCUT2D eigenvalue weighted by Gasteiger charge is -2.29. The number of nitrogens with zero attached hydrogens (tertiary/aromatic N) is 1. The molecule has 0 saturated heterocycles. The molecule has 0 saturated carbocycles. The van der Waals surface area contributed by atoms with Crippen molar-refractivity contribution in [3.8, 4) is 0 Å². The summed E-state index contributed by atoms with van der Waals surface area (Å²) in [6.45, 7) is 4.06. The summed E-state index contributed by atoms with van der Waals surface area (Å²) in [4.78, 5) is 2.19. The van der Waals surface area contributed by atoms with Crippen molar-refractivity contribution >= 4 is 23.0 Å². The molecule has 1 heterocycles. The summed E-state index contributed by atoms with van der Waals surface area (Å²) >= 11 is 6.16. The molecule has 0 atom stereocenters. The van der Waals surface area contributed by atoms with Crippen LogP contribution >= 0.6 is 11.6 Å². The van der Waals surface area contributed by atoms with Gasteiger partial charge in [-0.3, -0.25) is 0 Å². The summed E-state index contributed by atoms with van der Waals surface area (Å²) in [5, 5.41) is 4.19. The predicted octanol–water partition coefficient (Wildman–Crippen LogP) is 2.51. The van der Waals surface area contributed by atoms with Gasteiger partial charge in [0.2, 0.25) is 0 Å². The van der Waals surface area contributed by atoms with Gasteiger partial charge in [-0.1, -0.05) is 11.6 Å². The summed E-state index contributed by atoms with van der Waals surface area (Å²) in [5.41, 5.74) is 3.48. The van der Waals surface area contributed by atoms with Gasteiger partial charge in [-0.15, -0.1) is 0 Å². The largest absolute Gasteiger partial charge is 0.382 e. The molecule has 13 heavy (non-hydrogen) atoms. The number of anilines is 2. The molecule has 2 nitrogen and oxygen atoms in total. The average molecular weight is 197 g/mol. The molecule has 1 aliphatic heterocycles. The van der Waals surface area contributed by atoms with Crippen molar-refractivity contribution in [3.05, 3.63) is 22.7 Å². The highest BCUT2D eigenvalue weighted by Crippen LogP contribution is 2.36. The smallest absolute Gasteiger partial charge is 0.0789 e. The van der Waals surface area contributed by atoms with Crippen LogP contribution in [0.5, 0.6) is 0 Å². The van der Waals surface area contributed by atoms with Gasteiger partial charge in [0, 0.05) is 20.1 Å². The molecule has 70 valence electrons. The van der Waals surface area contributed by atoms with E-state index in [4.69, 9.17) is 11.6 Å². The summed E-state index contributed by atoms with van der Waals surface area (Å²) in [6, 6.07) is 4.14. The summed E-state index contributed by atoms with van der Waals surface area (Å²) in [7, 11) is 2.07. The Hall–Kier alpha value is -0.890. The highest BCUT2D eigenvalue weighted by molar-refractivity contribution is 6.34. The van der Waals surface area contributed by atoms with E-state index in [1.54, 1.807) is 0 Å². The Labute approximate surface area is 83.5 Å². The van der Waals surface area contributed by atoms with Crippen LogP contribution in [0.15, 0.2) is 12.1 Å². The molecule has 0 bridgehead atoms. The first kappa shape index (κ1) is 8.70. The number of hydrogen-bond acceptors (Lipinski definition) is 2. The lowest BCUT2D eigenvalue weighted by atomic mass is 10.1. The molecule has 0 amide bonds. The monoisotopic (exact) mass is 196 g/mol. The third-order valence-electron chi connectivity index (χ3n) is 2.35. The van der Waals surface area contributed by atoms with E-state index in [0.29, 0.717) is 0 Å². The first-order valence-corrected chi connectivity index (χ1v) is 4.81. The van der Waals surface area contributed by atoms with Crippen LogP contribution in [0.2, 0.25) is 5.02 Å². The van der Waals surface area contributed by atoms with Crippen LogP contribution in [-0.2, 0) is 0 Å². The molecule has 0 spiro atoms. The van der Waals surface area contributed by atoms with Gasteiger partial charge in [0.05, 0.1) is 16.4 Å². The number of rotatable bonds is 0. The van der Waals surface area contributed by atoms with Crippen molar-refractivity contribution in [3.63, 3.8) is 0 Å². The average Bonchev–Trinajstić information content (AvgIpc) is 2.02. The molecular formula is C10H13ClN2. The highest BCUT2D eigenvalue weighted by Gasteiger charge is 2.16. The maximum atomic E-state index is 6.16. The second kappa shape index (κ2) is 3.11. The van der Waals surface area contributed by atoms with Crippen LogP contribution in [0, 0.1) is 6.92 Å². The Balaban J connectivity index is 2.56. The van der Waals surface area contributed by atoms with Crippen LogP contribution in [-0.4, -0.2) is 20.1 Å². The Morgan fingerprint density at radius 1 is 1.46 bits per heavy atom. The van der Waals surface area contributed by atoms with Crippen molar-refractivity contribution in [1.82, 2.24) is 0 Å². The van der Waals surface area contributed by atoms with Crippen molar-refractivity contribution in [1.29, 1.82) is 0 Å². The van der Waals surface area contributed by atoms with Gasteiger partial charge < -0.3 is 10.2 Å². The molecule has 1 aromatic rings. The maximum absolute atomic E-state index is 6.16. The van der Waals surface area contributed by atoms with E-state index in [1.807, 2.05) is 6.07 Å². The highest BCUT2D eigenvalue weighted by atomic mass is 35.5. The van der Waals surface area contributed by atoms with E-state index in [2.05, 4.69) is 30.3 Å². The summed E-state index contributed by atoms with van der Waals surface area (Å²) < 4.78 is 0. The number of benzene rings is 1. The molecule has 0 aromatic heterocycles. The quantitative estimate of drug-likeness (QED) is 0.686. The Kier molecular flexibility index (Phi) is 2.08. The Morgan fingerprint density at radius 3 is 3.00 bits per heavy atom. The first-order chi connectivity index (χ1) is 6.18. The maximum Gasteiger partial charge on any atom is 0.0789 e. The number of aryl methyl sites for hydroxylation is 1.